The second-order valence-corrected chi connectivity index (χ2v) is 7.96. The van der Waals surface area contributed by atoms with E-state index >= 15 is 0 Å². The maximum absolute atomic E-state index is 13.2. The van der Waals surface area contributed by atoms with Crippen LogP contribution >= 0.6 is 0 Å². The molecule has 2 saturated heterocycles. The summed E-state index contributed by atoms with van der Waals surface area (Å²) in [6.07, 6.45) is 2.88. The van der Waals surface area contributed by atoms with Crippen LogP contribution in [0.15, 0.2) is 12.3 Å². The highest BCUT2D eigenvalue weighted by molar-refractivity contribution is 5.51. The summed E-state index contributed by atoms with van der Waals surface area (Å²) in [7, 11) is 1.69. The maximum atomic E-state index is 13.2. The highest BCUT2D eigenvalue weighted by Crippen LogP contribution is 2.25. The summed E-state index contributed by atoms with van der Waals surface area (Å²) in [5.74, 6) is 2.78. The Balaban J connectivity index is 1.40. The van der Waals surface area contributed by atoms with Gasteiger partial charge in [-0.15, -0.1) is 0 Å². The Labute approximate surface area is 170 Å². The number of aryl methyl sites for hydroxylation is 2. The summed E-state index contributed by atoms with van der Waals surface area (Å²) in [5, 5.41) is 3.91. The first kappa shape index (κ1) is 20.0. The molecule has 0 spiro atoms. The molecule has 0 aliphatic carbocycles. The van der Waals surface area contributed by atoms with Crippen LogP contribution < -0.4 is 9.80 Å². The highest BCUT2D eigenvalue weighted by Gasteiger charge is 2.24. The molecular weight excluding hydrogens is 376 g/mol. The van der Waals surface area contributed by atoms with Crippen molar-refractivity contribution in [3.8, 4) is 0 Å². The molecule has 2 aliphatic heterocycles. The molecule has 0 unspecified atom stereocenters. The van der Waals surface area contributed by atoms with Crippen molar-refractivity contribution in [1.82, 2.24) is 24.6 Å². The van der Waals surface area contributed by atoms with Crippen molar-refractivity contribution < 1.29 is 8.78 Å². The summed E-state index contributed by atoms with van der Waals surface area (Å²) in [6.45, 7) is 7.81. The molecular formula is C20H29F2N7. The number of hydrogen-bond acceptors (Lipinski definition) is 6. The van der Waals surface area contributed by atoms with Gasteiger partial charge in [-0.05, 0) is 26.2 Å². The molecule has 2 aromatic rings. The van der Waals surface area contributed by atoms with E-state index in [1.807, 2.05) is 6.92 Å². The van der Waals surface area contributed by atoms with Gasteiger partial charge in [0.25, 0.3) is 6.43 Å². The van der Waals surface area contributed by atoms with Crippen LogP contribution in [0.5, 0.6) is 0 Å². The molecule has 7 nitrogen and oxygen atoms in total. The average molecular weight is 405 g/mol. The van der Waals surface area contributed by atoms with Gasteiger partial charge in [0, 0.05) is 70.7 Å². The third-order valence-electron chi connectivity index (χ3n) is 5.73. The lowest BCUT2D eigenvalue weighted by Gasteiger charge is -2.36. The standard InChI is InChI=1S/C20H29F2N7/c1-15-23-17(28-6-4-3-5-7-28)12-18(24-15)29-10-8-27(9-11-29)14-16-13-26(2)25-19(16)20(21)22/h12-13,20H,3-11,14H2,1-2H3. The Hall–Kier alpha value is -2.29. The molecule has 2 aromatic heterocycles. The van der Waals surface area contributed by atoms with Crippen molar-refractivity contribution in [3.05, 3.63) is 29.3 Å². The van der Waals surface area contributed by atoms with E-state index < -0.39 is 6.43 Å². The van der Waals surface area contributed by atoms with Gasteiger partial charge in [0.05, 0.1) is 0 Å². The van der Waals surface area contributed by atoms with Crippen LogP contribution in [0.4, 0.5) is 20.4 Å². The predicted octanol–water partition coefficient (Wildman–Crippen LogP) is 2.77. The first-order chi connectivity index (χ1) is 14.0. The molecule has 0 bridgehead atoms. The van der Waals surface area contributed by atoms with Gasteiger partial charge < -0.3 is 9.80 Å². The second kappa shape index (κ2) is 8.61. The zero-order valence-corrected chi connectivity index (χ0v) is 17.2. The Morgan fingerprint density at radius 1 is 0.931 bits per heavy atom. The van der Waals surface area contributed by atoms with E-state index in [2.05, 4.69) is 35.8 Å². The summed E-state index contributed by atoms with van der Waals surface area (Å²) in [5.41, 5.74) is 0.508. The second-order valence-electron chi connectivity index (χ2n) is 7.96. The number of alkyl halides is 2. The quantitative estimate of drug-likeness (QED) is 0.763. The number of nitrogens with zero attached hydrogens (tertiary/aromatic N) is 7. The number of aromatic nitrogens is 4. The van der Waals surface area contributed by atoms with Gasteiger partial charge in [0.15, 0.2) is 0 Å². The fourth-order valence-electron chi connectivity index (χ4n) is 4.22. The van der Waals surface area contributed by atoms with Gasteiger partial charge >= 0.3 is 0 Å². The molecule has 2 aliphatic rings. The number of piperazine rings is 1. The number of anilines is 2. The minimum Gasteiger partial charge on any atom is -0.356 e. The van der Waals surface area contributed by atoms with Crippen molar-refractivity contribution in [2.45, 2.75) is 39.2 Å². The highest BCUT2D eigenvalue weighted by atomic mass is 19.3. The third-order valence-corrected chi connectivity index (χ3v) is 5.73. The Morgan fingerprint density at radius 2 is 1.55 bits per heavy atom. The van der Waals surface area contributed by atoms with Crippen LogP contribution in [0.25, 0.3) is 0 Å². The average Bonchev–Trinajstić information content (AvgIpc) is 3.09. The van der Waals surface area contributed by atoms with Gasteiger partial charge in [-0.3, -0.25) is 9.58 Å². The molecule has 158 valence electrons. The van der Waals surface area contributed by atoms with Crippen molar-refractivity contribution in [2.24, 2.45) is 7.05 Å². The zero-order valence-electron chi connectivity index (χ0n) is 17.2. The fourth-order valence-corrected chi connectivity index (χ4v) is 4.22. The minimum atomic E-state index is -2.54. The van der Waals surface area contributed by atoms with E-state index in [-0.39, 0.29) is 5.69 Å². The van der Waals surface area contributed by atoms with Gasteiger partial charge in [0.1, 0.15) is 23.2 Å². The predicted molar refractivity (Wildman–Crippen MR) is 108 cm³/mol. The Morgan fingerprint density at radius 3 is 2.17 bits per heavy atom. The molecule has 0 atom stereocenters. The van der Waals surface area contributed by atoms with Gasteiger partial charge in [-0.25, -0.2) is 18.7 Å². The lowest BCUT2D eigenvalue weighted by molar-refractivity contribution is 0.142. The van der Waals surface area contributed by atoms with Crippen LogP contribution in [-0.2, 0) is 13.6 Å². The molecule has 0 amide bonds. The SMILES string of the molecule is Cc1nc(N2CCCCC2)cc(N2CCN(Cc3cn(C)nc3C(F)F)CC2)n1. The molecule has 4 heterocycles. The topological polar surface area (TPSA) is 53.3 Å². The van der Waals surface area contributed by atoms with Gasteiger partial charge in [-0.2, -0.15) is 5.10 Å². The largest absolute Gasteiger partial charge is 0.356 e. The molecule has 0 aromatic carbocycles. The van der Waals surface area contributed by atoms with E-state index in [0.717, 1.165) is 56.7 Å². The smallest absolute Gasteiger partial charge is 0.282 e. The first-order valence-corrected chi connectivity index (χ1v) is 10.4. The summed E-state index contributed by atoms with van der Waals surface area (Å²) in [6, 6.07) is 2.10. The lowest BCUT2D eigenvalue weighted by atomic mass is 10.1. The van der Waals surface area contributed by atoms with Crippen LogP contribution in [0.2, 0.25) is 0 Å². The summed E-state index contributed by atoms with van der Waals surface area (Å²) < 4.78 is 27.8. The van der Waals surface area contributed by atoms with E-state index in [9.17, 15) is 8.78 Å². The Kier molecular flexibility index (Phi) is 5.94. The number of piperidine rings is 1. The monoisotopic (exact) mass is 405 g/mol. The fraction of sp³-hybridized carbons (Fsp3) is 0.650. The van der Waals surface area contributed by atoms with Crippen LogP contribution in [0.3, 0.4) is 0 Å². The van der Waals surface area contributed by atoms with E-state index in [0.29, 0.717) is 12.1 Å². The molecule has 9 heteroatoms. The third kappa shape index (κ3) is 4.66. The van der Waals surface area contributed by atoms with Crippen LogP contribution in [-0.4, -0.2) is 63.9 Å². The van der Waals surface area contributed by atoms with Crippen molar-refractivity contribution in [2.75, 3.05) is 49.1 Å². The summed E-state index contributed by atoms with van der Waals surface area (Å²) >= 11 is 0. The van der Waals surface area contributed by atoms with E-state index in [1.165, 1.54) is 23.9 Å². The van der Waals surface area contributed by atoms with Crippen molar-refractivity contribution >= 4 is 11.6 Å². The van der Waals surface area contributed by atoms with Crippen LogP contribution in [0, 0.1) is 6.92 Å². The van der Waals surface area contributed by atoms with E-state index in [1.54, 1.807) is 13.2 Å². The minimum absolute atomic E-state index is 0.104. The number of rotatable bonds is 5. The van der Waals surface area contributed by atoms with E-state index in [4.69, 9.17) is 0 Å². The van der Waals surface area contributed by atoms with Crippen LogP contribution in [0.1, 0.15) is 42.8 Å². The molecule has 2 fully saturated rings. The summed E-state index contributed by atoms with van der Waals surface area (Å²) in [4.78, 5) is 16.1. The number of halogens is 2. The molecule has 0 N–H and O–H groups in total. The number of hydrogen-bond donors (Lipinski definition) is 0. The van der Waals surface area contributed by atoms with Crippen molar-refractivity contribution in [3.63, 3.8) is 0 Å². The molecule has 0 radical (unpaired) electrons. The molecule has 0 saturated carbocycles. The zero-order chi connectivity index (χ0) is 20.4. The van der Waals surface area contributed by atoms with Crippen molar-refractivity contribution in [1.29, 1.82) is 0 Å². The van der Waals surface area contributed by atoms with Gasteiger partial charge in [0.2, 0.25) is 0 Å². The lowest BCUT2D eigenvalue weighted by Crippen LogP contribution is -2.46. The Bertz CT molecular complexity index is 824. The first-order valence-electron chi connectivity index (χ1n) is 10.4. The maximum Gasteiger partial charge on any atom is 0.282 e. The normalized spacial score (nSPS) is 18.7. The molecule has 4 rings (SSSR count). The van der Waals surface area contributed by atoms with Gasteiger partial charge in [-0.1, -0.05) is 0 Å². The molecule has 29 heavy (non-hydrogen) atoms.